The van der Waals surface area contributed by atoms with E-state index in [1.165, 1.54) is 16.0 Å². The van der Waals surface area contributed by atoms with E-state index in [0.29, 0.717) is 5.92 Å². The first-order valence-electron chi connectivity index (χ1n) is 8.66. The van der Waals surface area contributed by atoms with Crippen molar-refractivity contribution >= 4 is 27.3 Å². The third-order valence-electron chi connectivity index (χ3n) is 5.07. The van der Waals surface area contributed by atoms with Crippen LogP contribution in [0.3, 0.4) is 0 Å². The van der Waals surface area contributed by atoms with Crippen LogP contribution < -0.4 is 0 Å². The molecule has 1 saturated heterocycles. The van der Waals surface area contributed by atoms with Crippen molar-refractivity contribution in [2.45, 2.75) is 25.7 Å². The first kappa shape index (κ1) is 16.3. The molecule has 1 fully saturated rings. The van der Waals surface area contributed by atoms with E-state index in [-0.39, 0.29) is 11.7 Å². The van der Waals surface area contributed by atoms with Crippen molar-refractivity contribution in [2.24, 2.45) is 0 Å². The molecular formula is C21H20FNOS. The molecule has 1 aliphatic heterocycles. The Morgan fingerprint density at radius 2 is 1.84 bits per heavy atom. The van der Waals surface area contributed by atoms with Gasteiger partial charge in [0.1, 0.15) is 5.82 Å². The first-order chi connectivity index (χ1) is 12.1. The van der Waals surface area contributed by atoms with Crippen molar-refractivity contribution in [3.8, 4) is 10.4 Å². The Kier molecular flexibility index (Phi) is 4.30. The minimum absolute atomic E-state index is 0.152. The van der Waals surface area contributed by atoms with Gasteiger partial charge in [-0.2, -0.15) is 0 Å². The summed E-state index contributed by atoms with van der Waals surface area (Å²) in [7, 11) is 0. The van der Waals surface area contributed by atoms with Gasteiger partial charge in [-0.15, -0.1) is 11.3 Å². The largest absolute Gasteiger partial charge is 0.343 e. The number of nitrogens with zero attached hydrogens (tertiary/aromatic N) is 1. The van der Waals surface area contributed by atoms with Crippen LogP contribution in [0.5, 0.6) is 0 Å². The molecule has 2 heterocycles. The van der Waals surface area contributed by atoms with Crippen molar-refractivity contribution < 1.29 is 9.18 Å². The smallest absolute Gasteiger partial charge is 0.219 e. The molecule has 4 rings (SSSR count). The molecule has 2 nitrogen and oxygen atoms in total. The van der Waals surface area contributed by atoms with Gasteiger partial charge >= 0.3 is 0 Å². The molecule has 0 unspecified atom stereocenters. The summed E-state index contributed by atoms with van der Waals surface area (Å²) in [6.45, 7) is 3.23. The van der Waals surface area contributed by atoms with Crippen molar-refractivity contribution in [2.75, 3.05) is 13.1 Å². The number of carbonyl (C=O) groups is 1. The van der Waals surface area contributed by atoms with Crippen LogP contribution in [-0.4, -0.2) is 23.9 Å². The third kappa shape index (κ3) is 3.07. The van der Waals surface area contributed by atoms with Crippen LogP contribution >= 0.6 is 11.3 Å². The topological polar surface area (TPSA) is 20.3 Å². The molecule has 0 atom stereocenters. The quantitative estimate of drug-likeness (QED) is 0.601. The molecule has 4 heteroatoms. The van der Waals surface area contributed by atoms with Gasteiger partial charge in [-0.1, -0.05) is 36.4 Å². The zero-order valence-corrected chi connectivity index (χ0v) is 15.0. The highest BCUT2D eigenvalue weighted by Gasteiger charge is 2.27. The van der Waals surface area contributed by atoms with E-state index in [2.05, 4.69) is 12.1 Å². The fourth-order valence-corrected chi connectivity index (χ4v) is 5.10. The maximum atomic E-state index is 13.7. The summed E-state index contributed by atoms with van der Waals surface area (Å²) in [5.74, 6) is 0.371. The Labute approximate surface area is 150 Å². The fourth-order valence-electron chi connectivity index (χ4n) is 3.78. The summed E-state index contributed by atoms with van der Waals surface area (Å²) in [5, 5.41) is 1.16. The van der Waals surface area contributed by atoms with Gasteiger partial charge in [0, 0.05) is 29.6 Å². The zero-order valence-electron chi connectivity index (χ0n) is 14.2. The van der Waals surface area contributed by atoms with Crippen LogP contribution in [0, 0.1) is 5.82 Å². The number of rotatable bonds is 2. The van der Waals surface area contributed by atoms with Gasteiger partial charge in [-0.25, -0.2) is 4.39 Å². The molecule has 0 saturated carbocycles. The van der Waals surface area contributed by atoms with E-state index in [0.717, 1.165) is 36.0 Å². The second-order valence-corrected chi connectivity index (χ2v) is 7.68. The van der Waals surface area contributed by atoms with Gasteiger partial charge < -0.3 is 4.90 Å². The number of amides is 1. The second-order valence-electron chi connectivity index (χ2n) is 6.63. The standard InChI is InChI=1S/C21H20FNOS/c1-14(24)23-11-9-15(10-12-23)20-18-8-7-17(22)13-19(18)25-21(20)16-5-3-2-4-6-16/h2-8,13,15H,9-12H2,1H3. The van der Waals surface area contributed by atoms with E-state index in [1.807, 2.05) is 29.2 Å². The van der Waals surface area contributed by atoms with Gasteiger partial charge in [0.25, 0.3) is 0 Å². The van der Waals surface area contributed by atoms with Gasteiger partial charge in [-0.3, -0.25) is 4.79 Å². The molecule has 25 heavy (non-hydrogen) atoms. The molecule has 2 aromatic carbocycles. The number of hydrogen-bond acceptors (Lipinski definition) is 2. The molecule has 0 spiro atoms. The minimum atomic E-state index is -0.189. The molecule has 0 radical (unpaired) electrons. The van der Waals surface area contributed by atoms with Crippen LogP contribution in [-0.2, 0) is 4.79 Å². The van der Waals surface area contributed by atoms with Crippen molar-refractivity contribution in [3.05, 3.63) is 59.9 Å². The Balaban J connectivity index is 1.80. The molecular weight excluding hydrogens is 333 g/mol. The zero-order chi connectivity index (χ0) is 17.4. The van der Waals surface area contributed by atoms with Crippen LogP contribution in [0.4, 0.5) is 4.39 Å². The lowest BCUT2D eigenvalue weighted by Crippen LogP contribution is -2.36. The van der Waals surface area contributed by atoms with Gasteiger partial charge in [0.05, 0.1) is 0 Å². The van der Waals surface area contributed by atoms with E-state index in [4.69, 9.17) is 0 Å². The summed E-state index contributed by atoms with van der Waals surface area (Å²) >= 11 is 1.67. The number of hydrogen-bond donors (Lipinski definition) is 0. The molecule has 128 valence electrons. The van der Waals surface area contributed by atoms with E-state index in [9.17, 15) is 9.18 Å². The minimum Gasteiger partial charge on any atom is -0.343 e. The van der Waals surface area contributed by atoms with E-state index < -0.39 is 0 Å². The first-order valence-corrected chi connectivity index (χ1v) is 9.48. The Bertz CT molecular complexity index is 910. The molecule has 1 aliphatic rings. The van der Waals surface area contributed by atoms with Crippen LogP contribution in [0.15, 0.2) is 48.5 Å². The maximum Gasteiger partial charge on any atom is 0.219 e. The lowest BCUT2D eigenvalue weighted by Gasteiger charge is -2.32. The Hall–Kier alpha value is -2.20. The number of thiophene rings is 1. The predicted molar refractivity (Wildman–Crippen MR) is 101 cm³/mol. The van der Waals surface area contributed by atoms with Crippen LogP contribution in [0.1, 0.15) is 31.2 Å². The lowest BCUT2D eigenvalue weighted by molar-refractivity contribution is -0.129. The highest BCUT2D eigenvalue weighted by atomic mass is 32.1. The molecule has 3 aromatic rings. The summed E-state index contributed by atoms with van der Waals surface area (Å²) in [6.07, 6.45) is 1.92. The molecule has 1 aromatic heterocycles. The molecule has 1 amide bonds. The summed E-state index contributed by atoms with van der Waals surface area (Å²) < 4.78 is 14.7. The maximum absolute atomic E-state index is 13.7. The number of likely N-dealkylation sites (tertiary alicyclic amines) is 1. The second kappa shape index (κ2) is 6.60. The SMILES string of the molecule is CC(=O)N1CCC(c2c(-c3ccccc3)sc3cc(F)ccc23)CC1. The van der Waals surface area contributed by atoms with Crippen molar-refractivity contribution in [1.82, 2.24) is 4.90 Å². The van der Waals surface area contributed by atoms with Crippen molar-refractivity contribution in [1.29, 1.82) is 0 Å². The van der Waals surface area contributed by atoms with Gasteiger partial charge in [0.15, 0.2) is 0 Å². The molecule has 0 bridgehead atoms. The average molecular weight is 353 g/mol. The van der Waals surface area contributed by atoms with Gasteiger partial charge in [-0.05, 0) is 47.4 Å². The summed E-state index contributed by atoms with van der Waals surface area (Å²) in [4.78, 5) is 14.8. The Morgan fingerprint density at radius 3 is 2.52 bits per heavy atom. The number of benzene rings is 2. The predicted octanol–water partition coefficient (Wildman–Crippen LogP) is 5.43. The van der Waals surface area contributed by atoms with Crippen molar-refractivity contribution in [3.63, 3.8) is 0 Å². The number of carbonyl (C=O) groups excluding carboxylic acids is 1. The lowest BCUT2D eigenvalue weighted by atomic mass is 9.86. The van der Waals surface area contributed by atoms with E-state index in [1.54, 1.807) is 30.4 Å². The number of piperidine rings is 1. The number of halogens is 1. The monoisotopic (exact) mass is 353 g/mol. The highest BCUT2D eigenvalue weighted by molar-refractivity contribution is 7.22. The van der Waals surface area contributed by atoms with Crippen LogP contribution in [0.2, 0.25) is 0 Å². The summed E-state index contributed by atoms with van der Waals surface area (Å²) in [6, 6.07) is 15.5. The highest BCUT2D eigenvalue weighted by Crippen LogP contribution is 2.45. The molecule has 0 aliphatic carbocycles. The normalized spacial score (nSPS) is 15.7. The fraction of sp³-hybridized carbons (Fsp3) is 0.286. The molecule has 0 N–H and O–H groups in total. The van der Waals surface area contributed by atoms with E-state index >= 15 is 0 Å². The number of fused-ring (bicyclic) bond motifs is 1. The van der Waals surface area contributed by atoms with Crippen LogP contribution in [0.25, 0.3) is 20.5 Å². The van der Waals surface area contributed by atoms with Gasteiger partial charge in [0.2, 0.25) is 5.91 Å². The summed E-state index contributed by atoms with van der Waals surface area (Å²) in [5.41, 5.74) is 2.52. The average Bonchev–Trinajstić information content (AvgIpc) is 3.01. The Morgan fingerprint density at radius 1 is 1.12 bits per heavy atom. The third-order valence-corrected chi connectivity index (χ3v) is 6.29.